The average molecular weight is 272 g/mol. The summed E-state index contributed by atoms with van der Waals surface area (Å²) in [5.74, 6) is 0.652. The van der Waals surface area contributed by atoms with Gasteiger partial charge >= 0.3 is 0 Å². The summed E-state index contributed by atoms with van der Waals surface area (Å²) in [7, 11) is -3.32. The summed E-state index contributed by atoms with van der Waals surface area (Å²) in [6.45, 7) is 4.83. The molecule has 1 aromatic rings. The van der Waals surface area contributed by atoms with Gasteiger partial charge in [-0.05, 0) is 33.2 Å². The van der Waals surface area contributed by atoms with Gasteiger partial charge in [0.15, 0.2) is 0 Å². The second kappa shape index (κ2) is 5.27. The summed E-state index contributed by atoms with van der Waals surface area (Å²) in [5, 5.41) is 7.29. The molecule has 2 N–H and O–H groups in total. The number of hydrogen-bond acceptors (Lipinski definition) is 4. The molecule has 6 nitrogen and oxygen atoms in total. The Labute approximate surface area is 108 Å². The first kappa shape index (κ1) is 13.4. The number of nitrogens with one attached hydrogen (secondary N) is 2. The highest BCUT2D eigenvalue weighted by atomic mass is 32.2. The molecule has 102 valence electrons. The van der Waals surface area contributed by atoms with E-state index in [9.17, 15) is 8.42 Å². The van der Waals surface area contributed by atoms with Crippen LogP contribution < -0.4 is 10.0 Å². The van der Waals surface area contributed by atoms with Gasteiger partial charge in [-0.3, -0.25) is 4.72 Å². The van der Waals surface area contributed by atoms with E-state index < -0.39 is 10.0 Å². The molecule has 0 bridgehead atoms. The highest BCUT2D eigenvalue weighted by Crippen LogP contribution is 2.16. The molecule has 0 aliphatic carbocycles. The summed E-state index contributed by atoms with van der Waals surface area (Å²) in [5.41, 5.74) is 0. The maximum absolute atomic E-state index is 12.0. The van der Waals surface area contributed by atoms with E-state index in [-0.39, 0.29) is 17.8 Å². The number of nitrogens with zero attached hydrogens (tertiary/aromatic N) is 2. The van der Waals surface area contributed by atoms with Gasteiger partial charge in [-0.15, -0.1) is 0 Å². The number of sulfonamides is 1. The molecule has 7 heteroatoms. The van der Waals surface area contributed by atoms with Crippen LogP contribution in [0.25, 0.3) is 0 Å². The van der Waals surface area contributed by atoms with E-state index in [0.29, 0.717) is 5.82 Å². The Morgan fingerprint density at radius 1 is 1.61 bits per heavy atom. The zero-order chi connectivity index (χ0) is 13.2. The molecule has 2 rings (SSSR count). The van der Waals surface area contributed by atoms with Crippen LogP contribution in [0.3, 0.4) is 0 Å². The molecule has 1 fully saturated rings. The van der Waals surface area contributed by atoms with E-state index in [1.807, 2.05) is 13.8 Å². The van der Waals surface area contributed by atoms with Gasteiger partial charge in [0.2, 0.25) is 10.0 Å². The molecule has 2 heterocycles. The standard InChI is InChI=1S/C11H20N4O2S/c1-9(2)15-11(5-7-13-15)14-18(16,17)8-10-4-3-6-12-10/h5,7,9-10,12,14H,3-4,6,8H2,1-2H3. The molecule has 1 aromatic heterocycles. The Bertz CT molecular complexity index is 489. The molecule has 0 radical (unpaired) electrons. The summed E-state index contributed by atoms with van der Waals surface area (Å²) in [4.78, 5) is 0. The largest absolute Gasteiger partial charge is 0.313 e. The molecule has 1 aliphatic rings. The van der Waals surface area contributed by atoms with E-state index in [1.165, 1.54) is 0 Å². The molecule has 1 saturated heterocycles. The van der Waals surface area contributed by atoms with Crippen LogP contribution >= 0.6 is 0 Å². The van der Waals surface area contributed by atoms with Crippen molar-refractivity contribution in [3.63, 3.8) is 0 Å². The molecule has 0 saturated carbocycles. The van der Waals surface area contributed by atoms with Crippen LogP contribution in [0.4, 0.5) is 5.82 Å². The van der Waals surface area contributed by atoms with Crippen LogP contribution in [0, 0.1) is 0 Å². The van der Waals surface area contributed by atoms with E-state index in [4.69, 9.17) is 0 Å². The molecular formula is C11H20N4O2S. The van der Waals surface area contributed by atoms with Crippen molar-refractivity contribution in [1.29, 1.82) is 0 Å². The van der Waals surface area contributed by atoms with Gasteiger partial charge in [0.05, 0.1) is 11.9 Å². The lowest BCUT2D eigenvalue weighted by Crippen LogP contribution is -2.33. The predicted octanol–water partition coefficient (Wildman–Crippen LogP) is 0.958. The van der Waals surface area contributed by atoms with E-state index in [1.54, 1.807) is 16.9 Å². The minimum atomic E-state index is -3.32. The number of hydrogen-bond donors (Lipinski definition) is 2. The monoisotopic (exact) mass is 272 g/mol. The van der Waals surface area contributed by atoms with Crippen LogP contribution in [0.2, 0.25) is 0 Å². The SMILES string of the molecule is CC(C)n1nccc1NS(=O)(=O)CC1CCCN1. The van der Waals surface area contributed by atoms with Gasteiger partial charge in [-0.2, -0.15) is 5.10 Å². The molecule has 18 heavy (non-hydrogen) atoms. The summed E-state index contributed by atoms with van der Waals surface area (Å²) in [6.07, 6.45) is 3.57. The van der Waals surface area contributed by atoms with Crippen LogP contribution in [0.15, 0.2) is 12.3 Å². The van der Waals surface area contributed by atoms with Gasteiger partial charge in [0.25, 0.3) is 0 Å². The third-order valence-corrected chi connectivity index (χ3v) is 4.36. The quantitative estimate of drug-likeness (QED) is 0.837. The first-order valence-corrected chi connectivity index (χ1v) is 7.90. The maximum Gasteiger partial charge on any atom is 0.235 e. The topological polar surface area (TPSA) is 76.0 Å². The Hall–Kier alpha value is -1.08. The number of anilines is 1. The minimum absolute atomic E-state index is 0.0675. The Kier molecular flexibility index (Phi) is 3.91. The lowest BCUT2D eigenvalue weighted by molar-refractivity contribution is 0.538. The molecule has 1 aliphatic heterocycles. The lowest BCUT2D eigenvalue weighted by atomic mass is 10.3. The van der Waals surface area contributed by atoms with Crippen LogP contribution in [-0.4, -0.2) is 36.5 Å². The average Bonchev–Trinajstić information content (AvgIpc) is 2.87. The Balaban J connectivity index is 2.04. The first-order valence-electron chi connectivity index (χ1n) is 6.25. The van der Waals surface area contributed by atoms with Gasteiger partial charge in [0.1, 0.15) is 5.82 Å². The molecule has 1 atom stereocenters. The van der Waals surface area contributed by atoms with Crippen molar-refractivity contribution in [3.05, 3.63) is 12.3 Å². The van der Waals surface area contributed by atoms with Gasteiger partial charge < -0.3 is 5.32 Å². The molecule has 0 aromatic carbocycles. The highest BCUT2D eigenvalue weighted by Gasteiger charge is 2.23. The molecule has 0 amide bonds. The van der Waals surface area contributed by atoms with Crippen molar-refractivity contribution in [2.24, 2.45) is 0 Å². The van der Waals surface area contributed by atoms with Crippen LogP contribution in [0.1, 0.15) is 32.7 Å². The van der Waals surface area contributed by atoms with Crippen molar-refractivity contribution in [3.8, 4) is 0 Å². The second-order valence-electron chi connectivity index (χ2n) is 4.93. The molecular weight excluding hydrogens is 252 g/mol. The van der Waals surface area contributed by atoms with E-state index in [0.717, 1.165) is 19.4 Å². The fraction of sp³-hybridized carbons (Fsp3) is 0.727. The third kappa shape index (κ3) is 3.23. The van der Waals surface area contributed by atoms with Crippen LogP contribution in [0.5, 0.6) is 0 Å². The van der Waals surface area contributed by atoms with Crippen molar-refractivity contribution in [1.82, 2.24) is 15.1 Å². The van der Waals surface area contributed by atoms with Crippen molar-refractivity contribution in [2.45, 2.75) is 38.8 Å². The summed E-state index contributed by atoms with van der Waals surface area (Å²) in [6, 6.07) is 1.87. The fourth-order valence-corrected chi connectivity index (χ4v) is 3.55. The number of rotatable bonds is 5. The van der Waals surface area contributed by atoms with Crippen molar-refractivity contribution in [2.75, 3.05) is 17.0 Å². The highest BCUT2D eigenvalue weighted by molar-refractivity contribution is 7.92. The zero-order valence-corrected chi connectivity index (χ0v) is 11.6. The Morgan fingerprint density at radius 3 is 3.00 bits per heavy atom. The lowest BCUT2D eigenvalue weighted by Gasteiger charge is -2.15. The fourth-order valence-electron chi connectivity index (χ4n) is 2.17. The third-order valence-electron chi connectivity index (χ3n) is 3.00. The molecule has 0 spiro atoms. The summed E-state index contributed by atoms with van der Waals surface area (Å²) >= 11 is 0. The summed E-state index contributed by atoms with van der Waals surface area (Å²) < 4.78 is 28.3. The smallest absolute Gasteiger partial charge is 0.235 e. The molecule has 1 unspecified atom stereocenters. The maximum atomic E-state index is 12.0. The minimum Gasteiger partial charge on any atom is -0.313 e. The van der Waals surface area contributed by atoms with Gasteiger partial charge in [-0.25, -0.2) is 13.1 Å². The number of aromatic nitrogens is 2. The first-order chi connectivity index (χ1) is 8.48. The van der Waals surface area contributed by atoms with Crippen LogP contribution in [-0.2, 0) is 10.0 Å². The van der Waals surface area contributed by atoms with Gasteiger partial charge in [-0.1, -0.05) is 0 Å². The van der Waals surface area contributed by atoms with Crippen molar-refractivity contribution < 1.29 is 8.42 Å². The predicted molar refractivity (Wildman–Crippen MR) is 71.0 cm³/mol. The normalized spacial score (nSPS) is 20.5. The van der Waals surface area contributed by atoms with E-state index >= 15 is 0 Å². The van der Waals surface area contributed by atoms with E-state index in [2.05, 4.69) is 15.1 Å². The van der Waals surface area contributed by atoms with Gasteiger partial charge in [0, 0.05) is 18.2 Å². The zero-order valence-electron chi connectivity index (χ0n) is 10.8. The Morgan fingerprint density at radius 2 is 2.39 bits per heavy atom. The second-order valence-corrected chi connectivity index (χ2v) is 6.70. The van der Waals surface area contributed by atoms with Crippen molar-refractivity contribution >= 4 is 15.8 Å².